The second-order valence-electron chi connectivity index (χ2n) is 6.67. The zero-order valence-electron chi connectivity index (χ0n) is 13.4. The highest BCUT2D eigenvalue weighted by molar-refractivity contribution is 5.85. The van der Waals surface area contributed by atoms with E-state index in [-0.39, 0.29) is 24.1 Å². The largest absolute Gasteiger partial charge is 0.484 e. The summed E-state index contributed by atoms with van der Waals surface area (Å²) in [6.45, 7) is 5.54. The lowest BCUT2D eigenvalue weighted by Gasteiger charge is -2.47. The summed E-state index contributed by atoms with van der Waals surface area (Å²) in [5.74, 6) is 0.514. The molecule has 2 heterocycles. The van der Waals surface area contributed by atoms with E-state index in [9.17, 15) is 15.2 Å². The molecule has 0 amide bonds. The van der Waals surface area contributed by atoms with E-state index in [0.29, 0.717) is 5.75 Å². The molecule has 23 heavy (non-hydrogen) atoms. The molecule has 1 saturated heterocycles. The minimum absolute atomic E-state index is 0. The number of likely N-dealkylation sites (tertiary alicyclic amines) is 1. The van der Waals surface area contributed by atoms with E-state index < -0.39 is 16.6 Å². The van der Waals surface area contributed by atoms with Gasteiger partial charge in [-0.25, -0.2) is 0 Å². The predicted octanol–water partition coefficient (Wildman–Crippen LogP) is 3.08. The Morgan fingerprint density at radius 1 is 1.30 bits per heavy atom. The van der Waals surface area contributed by atoms with Crippen molar-refractivity contribution in [3.63, 3.8) is 0 Å². The van der Waals surface area contributed by atoms with Crippen LogP contribution in [-0.2, 0) is 0 Å². The molecule has 0 saturated carbocycles. The molecule has 2 aliphatic heterocycles. The lowest BCUT2D eigenvalue weighted by atomic mass is 9.84. The van der Waals surface area contributed by atoms with E-state index in [1.165, 1.54) is 18.6 Å². The van der Waals surface area contributed by atoms with Crippen LogP contribution in [0.5, 0.6) is 5.75 Å². The number of fused-ring (bicyclic) bond motifs is 1. The first kappa shape index (κ1) is 18.0. The Hall–Kier alpha value is -1.37. The van der Waals surface area contributed by atoms with Gasteiger partial charge in [0, 0.05) is 11.6 Å². The van der Waals surface area contributed by atoms with Crippen molar-refractivity contribution in [2.75, 3.05) is 13.1 Å². The summed E-state index contributed by atoms with van der Waals surface area (Å²) >= 11 is 0. The Morgan fingerprint density at radius 2 is 1.96 bits per heavy atom. The highest BCUT2D eigenvalue weighted by Gasteiger charge is 2.45. The van der Waals surface area contributed by atoms with Gasteiger partial charge in [0.15, 0.2) is 0 Å². The molecule has 0 aromatic heterocycles. The fraction of sp³-hybridized carbons (Fsp3) is 0.625. The van der Waals surface area contributed by atoms with Gasteiger partial charge in [0.25, 0.3) is 5.69 Å². The number of aliphatic hydroxyl groups excluding tert-OH is 1. The molecule has 2 aliphatic rings. The van der Waals surface area contributed by atoms with E-state index in [1.54, 1.807) is 6.07 Å². The maximum Gasteiger partial charge on any atom is 0.273 e. The number of nitro benzene ring substituents is 1. The topological polar surface area (TPSA) is 75.8 Å². The van der Waals surface area contributed by atoms with Crippen LogP contribution in [0.4, 0.5) is 5.69 Å². The third-order valence-corrected chi connectivity index (χ3v) is 4.70. The fourth-order valence-electron chi connectivity index (χ4n) is 3.46. The first-order valence-electron chi connectivity index (χ1n) is 7.79. The Bertz CT molecular complexity index is 587. The van der Waals surface area contributed by atoms with Crippen LogP contribution in [0, 0.1) is 10.1 Å². The van der Waals surface area contributed by atoms with Crippen molar-refractivity contribution in [2.24, 2.45) is 0 Å². The van der Waals surface area contributed by atoms with Crippen molar-refractivity contribution in [1.29, 1.82) is 0 Å². The highest BCUT2D eigenvalue weighted by atomic mass is 35.5. The fourth-order valence-corrected chi connectivity index (χ4v) is 3.46. The van der Waals surface area contributed by atoms with Crippen molar-refractivity contribution in [3.8, 4) is 5.75 Å². The quantitative estimate of drug-likeness (QED) is 0.660. The lowest BCUT2D eigenvalue weighted by molar-refractivity contribution is -0.385. The Kier molecular flexibility index (Phi) is 5.18. The summed E-state index contributed by atoms with van der Waals surface area (Å²) in [6, 6.07) is 4.52. The maximum atomic E-state index is 11.0. The second-order valence-corrected chi connectivity index (χ2v) is 6.67. The summed E-state index contributed by atoms with van der Waals surface area (Å²) in [5, 5.41) is 21.8. The number of nitro groups is 1. The molecular weight excluding hydrogens is 320 g/mol. The van der Waals surface area contributed by atoms with E-state index in [0.717, 1.165) is 31.5 Å². The van der Waals surface area contributed by atoms with Crippen LogP contribution in [0.3, 0.4) is 0 Å². The molecule has 1 aromatic rings. The molecule has 6 nitrogen and oxygen atoms in total. The third-order valence-electron chi connectivity index (χ3n) is 4.70. The predicted molar refractivity (Wildman–Crippen MR) is 89.2 cm³/mol. The number of piperidine rings is 1. The second kappa shape index (κ2) is 6.63. The molecule has 0 aliphatic carbocycles. The summed E-state index contributed by atoms with van der Waals surface area (Å²) in [6.07, 6.45) is 2.78. The number of aliphatic hydroxyl groups is 1. The van der Waals surface area contributed by atoms with E-state index in [1.807, 2.05) is 13.8 Å². The lowest BCUT2D eigenvalue weighted by Crippen LogP contribution is -2.54. The molecule has 0 unspecified atom stereocenters. The third kappa shape index (κ3) is 3.29. The molecule has 0 spiro atoms. The van der Waals surface area contributed by atoms with E-state index in [2.05, 4.69) is 4.90 Å². The zero-order chi connectivity index (χ0) is 15.9. The number of non-ortho nitro benzene ring substituents is 1. The van der Waals surface area contributed by atoms with Gasteiger partial charge in [-0.3, -0.25) is 15.0 Å². The van der Waals surface area contributed by atoms with Gasteiger partial charge in [0.1, 0.15) is 17.5 Å². The van der Waals surface area contributed by atoms with Gasteiger partial charge in [-0.2, -0.15) is 0 Å². The zero-order valence-corrected chi connectivity index (χ0v) is 14.2. The minimum atomic E-state index is -0.773. The van der Waals surface area contributed by atoms with Crippen LogP contribution < -0.4 is 4.74 Å². The van der Waals surface area contributed by atoms with Crippen LogP contribution in [0.1, 0.15) is 44.7 Å². The van der Waals surface area contributed by atoms with Crippen LogP contribution in [0.15, 0.2) is 18.2 Å². The van der Waals surface area contributed by atoms with Gasteiger partial charge < -0.3 is 9.84 Å². The molecule has 0 radical (unpaired) electrons. The Balaban J connectivity index is 0.00000192. The van der Waals surface area contributed by atoms with Gasteiger partial charge in [-0.15, -0.1) is 12.4 Å². The monoisotopic (exact) mass is 342 g/mol. The molecule has 0 bridgehead atoms. The molecule has 2 atom stereocenters. The van der Waals surface area contributed by atoms with Gasteiger partial charge >= 0.3 is 0 Å². The Labute approximate surface area is 142 Å². The van der Waals surface area contributed by atoms with Gasteiger partial charge in [-0.1, -0.05) is 6.42 Å². The van der Waals surface area contributed by atoms with Gasteiger partial charge in [0.05, 0.1) is 17.0 Å². The number of rotatable bonds is 2. The summed E-state index contributed by atoms with van der Waals surface area (Å²) < 4.78 is 5.86. The average Bonchev–Trinajstić information content (AvgIpc) is 2.48. The number of hydrogen-bond acceptors (Lipinski definition) is 5. The molecule has 128 valence electrons. The molecule has 3 rings (SSSR count). The summed E-state index contributed by atoms with van der Waals surface area (Å²) in [4.78, 5) is 12.8. The summed E-state index contributed by atoms with van der Waals surface area (Å²) in [5.41, 5.74) is 0.0901. The first-order valence-corrected chi connectivity index (χ1v) is 7.79. The molecular formula is C16H23ClN2O4. The van der Waals surface area contributed by atoms with Crippen molar-refractivity contribution in [3.05, 3.63) is 33.9 Å². The number of benzene rings is 1. The average molecular weight is 343 g/mol. The van der Waals surface area contributed by atoms with Crippen molar-refractivity contribution >= 4 is 18.1 Å². The Morgan fingerprint density at radius 3 is 2.57 bits per heavy atom. The smallest absolute Gasteiger partial charge is 0.273 e. The van der Waals surface area contributed by atoms with Crippen molar-refractivity contribution < 1.29 is 14.8 Å². The standard InChI is InChI=1S/C16H22N2O4.ClH/c1-16(2)15(19)14(17-8-4-3-5-9-17)12-7-6-11(18(20)21)10-13(12)22-16;/h6-7,10,14-15,19H,3-5,8-9H2,1-2H3;1H/t14-,15+;/m1./s1. The maximum absolute atomic E-state index is 11.0. The number of halogens is 1. The first-order chi connectivity index (χ1) is 10.4. The van der Waals surface area contributed by atoms with Crippen LogP contribution >= 0.6 is 12.4 Å². The number of nitrogens with zero attached hydrogens (tertiary/aromatic N) is 2. The number of hydrogen-bond donors (Lipinski definition) is 1. The molecule has 1 N–H and O–H groups in total. The molecule has 7 heteroatoms. The molecule has 1 fully saturated rings. The van der Waals surface area contributed by atoms with Gasteiger partial charge in [0.2, 0.25) is 0 Å². The summed E-state index contributed by atoms with van der Waals surface area (Å²) in [7, 11) is 0. The number of ether oxygens (including phenoxy) is 1. The van der Waals surface area contributed by atoms with Crippen LogP contribution in [0.2, 0.25) is 0 Å². The van der Waals surface area contributed by atoms with Crippen LogP contribution in [-0.4, -0.2) is 39.7 Å². The van der Waals surface area contributed by atoms with E-state index >= 15 is 0 Å². The van der Waals surface area contributed by atoms with Crippen molar-refractivity contribution in [2.45, 2.75) is 50.9 Å². The molecule has 1 aromatic carbocycles. The normalized spacial score (nSPS) is 26.6. The highest BCUT2D eigenvalue weighted by Crippen LogP contribution is 2.44. The SMILES string of the molecule is CC1(C)Oc2cc([N+](=O)[O-])ccc2[C@@H](N2CCCCC2)[C@@H]1O.Cl. The van der Waals surface area contributed by atoms with Crippen molar-refractivity contribution in [1.82, 2.24) is 4.90 Å². The minimum Gasteiger partial charge on any atom is -0.484 e. The van der Waals surface area contributed by atoms with Gasteiger partial charge in [-0.05, 0) is 45.8 Å². The van der Waals surface area contributed by atoms with Crippen LogP contribution in [0.25, 0.3) is 0 Å². The van der Waals surface area contributed by atoms with E-state index in [4.69, 9.17) is 4.74 Å².